The van der Waals surface area contributed by atoms with Gasteiger partial charge in [-0.1, -0.05) is 336 Å². The maximum Gasteiger partial charge on any atom is 0.173 e. The highest BCUT2D eigenvalue weighted by Gasteiger charge is 2.76. The third-order valence-corrected chi connectivity index (χ3v) is 184. The molecule has 2 nitrogen and oxygen atoms in total. The molecule has 10 heteroatoms. The van der Waals surface area contributed by atoms with E-state index < -0.39 is 58.3 Å². The summed E-state index contributed by atoms with van der Waals surface area (Å²) >= 11 is 0. The van der Waals surface area contributed by atoms with E-state index in [2.05, 4.69) is 122 Å². The number of unbranched alkanes of at least 4 members (excludes halogenated alkanes) is 24. The van der Waals surface area contributed by atoms with E-state index >= 15 is 0 Å². The van der Waals surface area contributed by atoms with Crippen molar-refractivity contribution in [2.45, 2.75) is 362 Å². The molecule has 0 heterocycles. The Kier molecular flexibility index (Phi) is 38.3. The maximum atomic E-state index is 7.61. The molecule has 0 amide bonds. The van der Waals surface area contributed by atoms with Crippen LogP contribution in [0.5, 0.6) is 0 Å². The Morgan fingerprint density at radius 1 is 0.191 bits per heavy atom. The summed E-state index contributed by atoms with van der Waals surface area (Å²) in [6, 6.07) is 13.0. The molecule has 8 unspecified atom stereocenters. The zero-order valence-corrected chi connectivity index (χ0v) is 59.1. The van der Waals surface area contributed by atoms with Gasteiger partial charge in [0.2, 0.25) is 0 Å². The van der Waals surface area contributed by atoms with Crippen molar-refractivity contribution in [3.8, 4) is 0 Å². The van der Waals surface area contributed by atoms with E-state index in [1.54, 1.807) is 61.9 Å². The monoisotopic (exact) mass is 1090 g/mol. The lowest BCUT2D eigenvalue weighted by molar-refractivity contribution is 0.410. The average molecular weight is 1090 g/mol. The molecule has 68 heavy (non-hydrogen) atoms. The molecule has 0 aliphatic heterocycles. The highest BCUT2D eigenvalue weighted by molar-refractivity contribution is 8.03. The van der Waals surface area contributed by atoms with E-state index in [0.717, 1.165) is 0 Å². The molecular weight excluding hydrogens is 953 g/mol. The van der Waals surface area contributed by atoms with E-state index in [4.69, 9.17) is 8.85 Å². The quantitative estimate of drug-likeness (QED) is 0.0447. The fraction of sp³-hybridized carbons (Fsp3) is 1.00. The van der Waals surface area contributed by atoms with Crippen LogP contribution in [0, 0.1) is 0 Å². The molecular formula is C58H134O2Si8. The third kappa shape index (κ3) is 18.7. The van der Waals surface area contributed by atoms with E-state index in [1.807, 2.05) is 0 Å². The van der Waals surface area contributed by atoms with Gasteiger partial charge in [0.15, 0.2) is 15.7 Å². The fourth-order valence-electron chi connectivity index (χ4n) is 15.3. The van der Waals surface area contributed by atoms with Crippen molar-refractivity contribution in [3.63, 3.8) is 0 Å². The summed E-state index contributed by atoms with van der Waals surface area (Å²) < 4.78 is 15.2. The minimum Gasteiger partial charge on any atom is -0.423 e. The molecule has 0 spiro atoms. The molecule has 0 aromatic heterocycles. The standard InChI is InChI=1S/C58H134O2Si8/c1-19-27-35-43-51-61(11,59-9)63(13,53-45-37-29-21-3)65(15,55-47-39-31-23-5)67(17,57-49-41-33-25-7)68(18,58-50-42-34-26-8)66(16,56-48-40-32-24-6)64(14,54-46-38-30-22-4)62(12,60-10)52-44-36-28-20-2/h19-58H2,1-18H3. The van der Waals surface area contributed by atoms with Gasteiger partial charge in [0.05, 0.1) is 14.2 Å². The van der Waals surface area contributed by atoms with Crippen molar-refractivity contribution in [1.29, 1.82) is 0 Å². The van der Waals surface area contributed by atoms with Crippen LogP contribution in [0.3, 0.4) is 0 Å². The van der Waals surface area contributed by atoms with Crippen LogP contribution in [0.15, 0.2) is 0 Å². The summed E-state index contributed by atoms with van der Waals surface area (Å²) in [5, 5.41) is 0. The Balaban J connectivity index is 9.47. The Hall–Kier alpha value is 1.66. The second-order valence-electron chi connectivity index (χ2n) is 25.3. The molecule has 0 saturated carbocycles. The molecule has 0 radical (unpaired) electrons. The summed E-state index contributed by atoms with van der Waals surface area (Å²) in [5.41, 5.74) is 0. The van der Waals surface area contributed by atoms with Gasteiger partial charge in [0.25, 0.3) is 0 Å². The predicted molar refractivity (Wildman–Crippen MR) is 339 cm³/mol. The summed E-state index contributed by atoms with van der Waals surface area (Å²) in [6.45, 7) is 45.4. The van der Waals surface area contributed by atoms with Crippen LogP contribution < -0.4 is 0 Å². The Labute approximate surface area is 440 Å². The topological polar surface area (TPSA) is 18.5 Å². The Morgan fingerprint density at radius 3 is 0.500 bits per heavy atom. The van der Waals surface area contributed by atoms with Gasteiger partial charge in [-0.05, 0) is 25.2 Å². The first-order valence-electron chi connectivity index (χ1n) is 31.5. The number of rotatable bonds is 49. The first kappa shape index (κ1) is 69.7. The zero-order chi connectivity index (χ0) is 51.7. The average Bonchev–Trinajstić information content (AvgIpc) is 3.33. The van der Waals surface area contributed by atoms with Gasteiger partial charge >= 0.3 is 0 Å². The van der Waals surface area contributed by atoms with Crippen LogP contribution in [-0.2, 0) is 8.85 Å². The van der Waals surface area contributed by atoms with E-state index in [-0.39, 0.29) is 0 Å². The lowest BCUT2D eigenvalue weighted by atomic mass is 10.2. The summed E-state index contributed by atoms with van der Waals surface area (Å²) in [7, 11) is -11.1. The van der Waals surface area contributed by atoms with Crippen molar-refractivity contribution in [3.05, 3.63) is 0 Å². The fourth-order valence-corrected chi connectivity index (χ4v) is 261. The third-order valence-electron chi connectivity index (χ3n) is 21.5. The van der Waals surface area contributed by atoms with Crippen molar-refractivity contribution < 1.29 is 8.85 Å². The first-order chi connectivity index (χ1) is 32.4. The zero-order valence-electron chi connectivity index (χ0n) is 51.1. The van der Waals surface area contributed by atoms with Crippen LogP contribution in [0.1, 0.15) is 261 Å². The maximum absolute atomic E-state index is 7.61. The second-order valence-corrected chi connectivity index (χ2v) is 106. The van der Waals surface area contributed by atoms with Gasteiger partial charge in [-0.2, -0.15) is 0 Å². The van der Waals surface area contributed by atoms with Crippen LogP contribution in [0.2, 0.25) is 101 Å². The highest BCUT2D eigenvalue weighted by atomic mass is 30.1. The summed E-state index contributed by atoms with van der Waals surface area (Å²) in [5.74, 6) is 0. The van der Waals surface area contributed by atoms with E-state index in [9.17, 15) is 0 Å². The Morgan fingerprint density at radius 2 is 0.338 bits per heavy atom. The SMILES string of the molecule is CCCCCC[Si](C)(OC)[Si](C)(CCCCCC)[Si](C)(CCCCCC)[Si](C)(CCCCCC)[Si](C)(CCCCCC)[Si](C)(CCCCCC)[Si](C)(CCCCCC)[Si](C)(CCCCCC)OC. The molecule has 8 atom stereocenters. The predicted octanol–water partition coefficient (Wildman–Crippen LogP) is 22.1. The molecule has 0 N–H and O–H groups in total. The molecule has 0 aromatic carbocycles. The van der Waals surface area contributed by atoms with Crippen molar-refractivity contribution in [2.75, 3.05) is 14.2 Å². The van der Waals surface area contributed by atoms with Gasteiger partial charge in [0.1, 0.15) is 0 Å². The molecule has 0 aromatic rings. The Bertz CT molecular complexity index is 1130. The minimum absolute atomic E-state index is 1.34. The largest absolute Gasteiger partial charge is 0.423 e. The van der Waals surface area contributed by atoms with Gasteiger partial charge in [0, 0.05) is 42.7 Å². The van der Waals surface area contributed by atoms with Crippen LogP contribution in [0.25, 0.3) is 0 Å². The molecule has 0 aliphatic rings. The lowest BCUT2D eigenvalue weighted by Crippen LogP contribution is -2.96. The highest BCUT2D eigenvalue weighted by Crippen LogP contribution is 2.56. The van der Waals surface area contributed by atoms with Crippen LogP contribution in [-0.4, -0.2) is 72.5 Å². The van der Waals surface area contributed by atoms with Gasteiger partial charge in [-0.25, -0.2) is 0 Å². The van der Waals surface area contributed by atoms with Crippen molar-refractivity contribution in [1.82, 2.24) is 0 Å². The first-order valence-corrected chi connectivity index (χ1v) is 59.9. The van der Waals surface area contributed by atoms with Crippen molar-refractivity contribution >= 4 is 58.3 Å². The molecule has 0 saturated heterocycles. The molecule has 410 valence electrons. The van der Waals surface area contributed by atoms with E-state index in [1.165, 1.54) is 192 Å². The van der Waals surface area contributed by atoms with Crippen LogP contribution >= 0.6 is 0 Å². The molecule has 0 rings (SSSR count). The van der Waals surface area contributed by atoms with Gasteiger partial charge in [-0.3, -0.25) is 0 Å². The van der Waals surface area contributed by atoms with Gasteiger partial charge < -0.3 is 8.85 Å². The lowest BCUT2D eigenvalue weighted by Gasteiger charge is -2.70. The molecule has 0 bridgehead atoms. The number of hydrogen-bond donors (Lipinski definition) is 0. The second kappa shape index (κ2) is 37.4. The number of hydrogen-bond acceptors (Lipinski definition) is 2. The summed E-state index contributed by atoms with van der Waals surface area (Å²) in [6.07, 6.45) is 46.1. The smallest absolute Gasteiger partial charge is 0.173 e. The minimum atomic E-state index is -2.05. The normalized spacial score (nSPS) is 19.5. The van der Waals surface area contributed by atoms with E-state index in [0.29, 0.717) is 0 Å². The van der Waals surface area contributed by atoms with Crippen molar-refractivity contribution in [2.24, 2.45) is 0 Å². The summed E-state index contributed by atoms with van der Waals surface area (Å²) in [4.78, 5) is 0. The van der Waals surface area contributed by atoms with Gasteiger partial charge in [-0.15, -0.1) is 0 Å². The van der Waals surface area contributed by atoms with Crippen LogP contribution in [0.4, 0.5) is 0 Å². The molecule has 0 fully saturated rings. The molecule has 0 aliphatic carbocycles.